The number of rotatable bonds is 2. The van der Waals surface area contributed by atoms with Crippen LogP contribution < -0.4 is 0 Å². The van der Waals surface area contributed by atoms with E-state index in [0.717, 1.165) is 0 Å². The van der Waals surface area contributed by atoms with Gasteiger partial charge in [0.15, 0.2) is 0 Å². The van der Waals surface area contributed by atoms with Crippen LogP contribution in [0, 0.1) is 5.82 Å². The lowest BCUT2D eigenvalue weighted by molar-refractivity contribution is 0.379. The fourth-order valence-electron chi connectivity index (χ4n) is 1.20. The van der Waals surface area contributed by atoms with Crippen molar-refractivity contribution >= 4 is 27.5 Å². The van der Waals surface area contributed by atoms with E-state index >= 15 is 0 Å². The molecule has 0 radical (unpaired) electrons. The molecule has 16 heavy (non-hydrogen) atoms. The summed E-state index contributed by atoms with van der Waals surface area (Å²) in [5.74, 6) is 0.273. The molecule has 1 aromatic heterocycles. The Bertz CT molecular complexity index is 495. The molecule has 2 aromatic rings. The Morgan fingerprint density at radius 1 is 1.44 bits per heavy atom. The molecule has 0 N–H and O–H groups in total. The average molecular weight is 306 g/mol. The van der Waals surface area contributed by atoms with Crippen LogP contribution in [0.5, 0.6) is 0 Å². The van der Waals surface area contributed by atoms with Crippen LogP contribution in [0.2, 0.25) is 0 Å². The highest BCUT2D eigenvalue weighted by Crippen LogP contribution is 2.25. The minimum absolute atomic E-state index is 0.317. The summed E-state index contributed by atoms with van der Waals surface area (Å²) in [7, 11) is 0. The first-order chi connectivity index (χ1) is 7.56. The number of aromatic nitrogens is 2. The normalized spacial score (nSPS) is 12.8. The van der Waals surface area contributed by atoms with Crippen LogP contribution in [-0.2, 0) is 0 Å². The third-order valence-electron chi connectivity index (χ3n) is 1.90. The molecular formula is C10H7BrClFN2O. The van der Waals surface area contributed by atoms with Gasteiger partial charge in [-0.25, -0.2) is 4.39 Å². The molecule has 0 saturated carbocycles. The zero-order chi connectivity index (χ0) is 11.7. The van der Waals surface area contributed by atoms with Gasteiger partial charge in [-0.05, 0) is 25.1 Å². The Labute approximate surface area is 105 Å². The Morgan fingerprint density at radius 3 is 2.75 bits per heavy atom. The van der Waals surface area contributed by atoms with Gasteiger partial charge in [0, 0.05) is 10.0 Å². The largest absolute Gasteiger partial charge is 0.337 e. The van der Waals surface area contributed by atoms with E-state index in [1.54, 1.807) is 13.0 Å². The molecule has 1 unspecified atom stereocenters. The molecule has 0 aliphatic rings. The van der Waals surface area contributed by atoms with E-state index in [1.807, 2.05) is 0 Å². The first-order valence-electron chi connectivity index (χ1n) is 4.50. The van der Waals surface area contributed by atoms with E-state index in [-0.39, 0.29) is 11.2 Å². The van der Waals surface area contributed by atoms with Crippen LogP contribution in [0.25, 0.3) is 11.4 Å². The smallest absolute Gasteiger partial charge is 0.244 e. The number of benzene rings is 1. The Morgan fingerprint density at radius 2 is 2.19 bits per heavy atom. The minimum atomic E-state index is -0.366. The molecule has 84 valence electrons. The van der Waals surface area contributed by atoms with E-state index in [2.05, 4.69) is 26.1 Å². The van der Waals surface area contributed by atoms with Gasteiger partial charge in [0.05, 0.1) is 0 Å². The summed E-state index contributed by atoms with van der Waals surface area (Å²) in [6.07, 6.45) is 0. The van der Waals surface area contributed by atoms with Crippen LogP contribution in [0.3, 0.4) is 0 Å². The fourth-order valence-corrected chi connectivity index (χ4v) is 1.75. The Hall–Kier alpha value is -0.940. The second-order valence-electron chi connectivity index (χ2n) is 3.23. The molecule has 0 aliphatic carbocycles. The van der Waals surface area contributed by atoms with Gasteiger partial charge < -0.3 is 4.52 Å². The van der Waals surface area contributed by atoms with Crippen molar-refractivity contribution < 1.29 is 8.91 Å². The molecule has 0 spiro atoms. The number of hydrogen-bond acceptors (Lipinski definition) is 3. The fraction of sp³-hybridized carbons (Fsp3) is 0.200. The summed E-state index contributed by atoms with van der Waals surface area (Å²) < 4.78 is 18.7. The zero-order valence-corrected chi connectivity index (χ0v) is 10.6. The number of alkyl halides is 1. The lowest BCUT2D eigenvalue weighted by atomic mass is 10.2. The SMILES string of the molecule is CC(Cl)c1nc(-c2cc(F)cc(Br)c2)no1. The summed E-state index contributed by atoms with van der Waals surface area (Å²) in [4.78, 5) is 4.06. The standard InChI is InChI=1S/C10H7BrClFN2O/c1-5(12)10-14-9(15-16-10)6-2-7(11)4-8(13)3-6/h2-5H,1H3. The van der Waals surface area contributed by atoms with Crippen molar-refractivity contribution in [3.8, 4) is 11.4 Å². The van der Waals surface area contributed by atoms with Crippen LogP contribution >= 0.6 is 27.5 Å². The van der Waals surface area contributed by atoms with Crippen molar-refractivity contribution in [2.75, 3.05) is 0 Å². The topological polar surface area (TPSA) is 38.9 Å². The maximum Gasteiger partial charge on any atom is 0.244 e. The first-order valence-corrected chi connectivity index (χ1v) is 5.73. The Balaban J connectivity index is 2.42. The van der Waals surface area contributed by atoms with Crippen molar-refractivity contribution in [1.29, 1.82) is 0 Å². The highest BCUT2D eigenvalue weighted by molar-refractivity contribution is 9.10. The van der Waals surface area contributed by atoms with E-state index in [0.29, 0.717) is 21.8 Å². The maximum absolute atomic E-state index is 13.1. The molecule has 0 saturated heterocycles. The predicted molar refractivity (Wildman–Crippen MR) is 61.7 cm³/mol. The molecule has 1 heterocycles. The van der Waals surface area contributed by atoms with Gasteiger partial charge in [-0.1, -0.05) is 21.1 Å². The highest BCUT2D eigenvalue weighted by atomic mass is 79.9. The number of nitrogens with zero attached hydrogens (tertiary/aromatic N) is 2. The van der Waals surface area contributed by atoms with Crippen molar-refractivity contribution in [3.63, 3.8) is 0 Å². The predicted octanol–water partition coefficient (Wildman–Crippen LogP) is 3.94. The number of hydrogen-bond donors (Lipinski definition) is 0. The summed E-state index contributed by atoms with van der Waals surface area (Å²) in [5, 5.41) is 3.37. The number of halogens is 3. The van der Waals surface area contributed by atoms with Gasteiger partial charge in [0.2, 0.25) is 11.7 Å². The third kappa shape index (κ3) is 2.41. The minimum Gasteiger partial charge on any atom is -0.337 e. The lowest BCUT2D eigenvalue weighted by Gasteiger charge is -1.96. The maximum atomic E-state index is 13.1. The quantitative estimate of drug-likeness (QED) is 0.789. The summed E-state index contributed by atoms with van der Waals surface area (Å²) in [6.45, 7) is 1.72. The third-order valence-corrected chi connectivity index (χ3v) is 2.55. The highest BCUT2D eigenvalue weighted by Gasteiger charge is 2.13. The van der Waals surface area contributed by atoms with Gasteiger partial charge in [0.25, 0.3) is 0 Å². The first kappa shape index (κ1) is 11.5. The molecule has 3 nitrogen and oxygen atoms in total. The van der Waals surface area contributed by atoms with Gasteiger partial charge in [-0.15, -0.1) is 11.6 Å². The van der Waals surface area contributed by atoms with E-state index in [1.165, 1.54) is 12.1 Å². The molecule has 1 aromatic carbocycles. The molecule has 6 heteroatoms. The summed E-state index contributed by atoms with van der Waals surface area (Å²) in [6, 6.07) is 4.39. The Kier molecular flexibility index (Phi) is 3.25. The van der Waals surface area contributed by atoms with Gasteiger partial charge in [0.1, 0.15) is 11.2 Å². The summed E-state index contributed by atoms with van der Waals surface area (Å²) in [5.41, 5.74) is 0.541. The molecule has 1 atom stereocenters. The van der Waals surface area contributed by atoms with Crippen LogP contribution in [0.15, 0.2) is 27.2 Å². The zero-order valence-electron chi connectivity index (χ0n) is 8.25. The second kappa shape index (κ2) is 4.51. The second-order valence-corrected chi connectivity index (χ2v) is 4.80. The lowest BCUT2D eigenvalue weighted by Crippen LogP contribution is -1.86. The van der Waals surface area contributed by atoms with Crippen LogP contribution in [0.1, 0.15) is 18.2 Å². The van der Waals surface area contributed by atoms with Gasteiger partial charge in [-0.2, -0.15) is 4.98 Å². The molecule has 0 amide bonds. The van der Waals surface area contributed by atoms with Crippen molar-refractivity contribution in [2.24, 2.45) is 0 Å². The van der Waals surface area contributed by atoms with E-state index in [4.69, 9.17) is 16.1 Å². The monoisotopic (exact) mass is 304 g/mol. The van der Waals surface area contributed by atoms with Crippen molar-refractivity contribution in [1.82, 2.24) is 10.1 Å². The molecule has 0 fully saturated rings. The van der Waals surface area contributed by atoms with Gasteiger partial charge >= 0.3 is 0 Å². The summed E-state index contributed by atoms with van der Waals surface area (Å²) >= 11 is 8.98. The van der Waals surface area contributed by atoms with Gasteiger partial charge in [-0.3, -0.25) is 0 Å². The molecule has 2 rings (SSSR count). The van der Waals surface area contributed by atoms with Crippen molar-refractivity contribution in [2.45, 2.75) is 12.3 Å². The van der Waals surface area contributed by atoms with Crippen LogP contribution in [-0.4, -0.2) is 10.1 Å². The average Bonchev–Trinajstić information content (AvgIpc) is 2.64. The molecule has 0 bridgehead atoms. The van der Waals surface area contributed by atoms with E-state index in [9.17, 15) is 4.39 Å². The van der Waals surface area contributed by atoms with Crippen LogP contribution in [0.4, 0.5) is 4.39 Å². The van der Waals surface area contributed by atoms with E-state index < -0.39 is 0 Å². The molecule has 0 aliphatic heterocycles. The molecular weight excluding hydrogens is 298 g/mol. The van der Waals surface area contributed by atoms with Crippen molar-refractivity contribution in [3.05, 3.63) is 34.4 Å².